The summed E-state index contributed by atoms with van der Waals surface area (Å²) < 4.78 is 61.5. The van der Waals surface area contributed by atoms with Crippen LogP contribution in [-0.2, 0) is 28.6 Å². The van der Waals surface area contributed by atoms with Crippen molar-refractivity contribution >= 4 is 20.2 Å². The third-order valence-corrected chi connectivity index (χ3v) is 7.41. The molecule has 29 heavy (non-hydrogen) atoms. The van der Waals surface area contributed by atoms with Crippen molar-refractivity contribution in [2.75, 3.05) is 0 Å². The minimum atomic E-state index is -3.97. The van der Waals surface area contributed by atoms with Gasteiger partial charge in [-0.3, -0.25) is 8.37 Å². The lowest BCUT2D eigenvalue weighted by Gasteiger charge is -2.29. The van der Waals surface area contributed by atoms with Gasteiger partial charge in [-0.05, 0) is 37.1 Å². The van der Waals surface area contributed by atoms with Gasteiger partial charge in [0.1, 0.15) is 0 Å². The first-order valence-corrected chi connectivity index (χ1v) is 12.5. The Morgan fingerprint density at radius 3 is 1.52 bits per heavy atom. The molecule has 0 aromatic heterocycles. The largest absolute Gasteiger partial charge is 0.297 e. The van der Waals surface area contributed by atoms with Crippen molar-refractivity contribution < 1.29 is 25.2 Å². The maximum absolute atomic E-state index is 12.7. The van der Waals surface area contributed by atoms with Gasteiger partial charge in [0.2, 0.25) is 0 Å². The first-order valence-electron chi connectivity index (χ1n) is 9.68. The molecule has 0 saturated heterocycles. The van der Waals surface area contributed by atoms with Gasteiger partial charge in [0, 0.05) is 5.92 Å². The summed E-state index contributed by atoms with van der Waals surface area (Å²) in [5, 5.41) is 0. The summed E-state index contributed by atoms with van der Waals surface area (Å²) in [5.74, 6) is -0.461. The van der Waals surface area contributed by atoms with E-state index in [0.717, 1.165) is 0 Å². The van der Waals surface area contributed by atoms with Crippen molar-refractivity contribution in [3.63, 3.8) is 0 Å². The van der Waals surface area contributed by atoms with Crippen molar-refractivity contribution in [1.82, 2.24) is 0 Å². The average molecular weight is 441 g/mol. The predicted molar refractivity (Wildman–Crippen MR) is 111 cm³/mol. The van der Waals surface area contributed by atoms with Gasteiger partial charge < -0.3 is 0 Å². The number of benzene rings is 2. The molecule has 160 valence electrons. The van der Waals surface area contributed by atoms with Gasteiger partial charge in [-0.1, -0.05) is 63.6 Å². The SMILES string of the molecule is CCCC(OS(=O)(=O)c1ccccc1)C(C)C(CC)OS(=O)(=O)c1ccccc1. The Labute approximate surface area is 174 Å². The molecule has 0 bridgehead atoms. The van der Waals surface area contributed by atoms with Crippen molar-refractivity contribution in [3.8, 4) is 0 Å². The molecule has 2 aromatic rings. The minimum absolute atomic E-state index is 0.0653. The molecule has 3 unspecified atom stereocenters. The molecule has 0 spiro atoms. The van der Waals surface area contributed by atoms with Crippen LogP contribution in [0.4, 0.5) is 0 Å². The van der Waals surface area contributed by atoms with Crippen LogP contribution in [0.2, 0.25) is 0 Å². The third-order valence-electron chi connectivity index (χ3n) is 4.71. The van der Waals surface area contributed by atoms with E-state index in [9.17, 15) is 16.8 Å². The van der Waals surface area contributed by atoms with Crippen LogP contribution in [0.5, 0.6) is 0 Å². The molecule has 3 atom stereocenters. The molecular formula is C21H28O6S2. The van der Waals surface area contributed by atoms with Crippen molar-refractivity contribution in [3.05, 3.63) is 60.7 Å². The average Bonchev–Trinajstić information content (AvgIpc) is 2.72. The first-order chi connectivity index (χ1) is 13.7. The molecular weight excluding hydrogens is 412 g/mol. The molecule has 0 amide bonds. The Kier molecular flexibility index (Phi) is 8.39. The molecule has 0 saturated carbocycles. The van der Waals surface area contributed by atoms with E-state index in [2.05, 4.69) is 0 Å². The third kappa shape index (κ3) is 6.37. The number of hydrogen-bond donors (Lipinski definition) is 0. The van der Waals surface area contributed by atoms with E-state index in [0.29, 0.717) is 19.3 Å². The lowest BCUT2D eigenvalue weighted by molar-refractivity contribution is 0.0506. The highest BCUT2D eigenvalue weighted by Crippen LogP contribution is 2.28. The summed E-state index contributed by atoms with van der Waals surface area (Å²) in [4.78, 5) is 0.134. The Hall–Kier alpha value is -1.74. The molecule has 0 fully saturated rings. The van der Waals surface area contributed by atoms with Gasteiger partial charge in [-0.15, -0.1) is 0 Å². The summed E-state index contributed by atoms with van der Waals surface area (Å²) in [6.07, 6.45) is 0.103. The molecule has 0 aliphatic carbocycles. The lowest BCUT2D eigenvalue weighted by Crippen LogP contribution is -2.36. The molecule has 2 aromatic carbocycles. The van der Waals surface area contributed by atoms with E-state index in [1.807, 2.05) is 6.92 Å². The van der Waals surface area contributed by atoms with Crippen LogP contribution in [0.15, 0.2) is 70.5 Å². The fraction of sp³-hybridized carbons (Fsp3) is 0.429. The lowest BCUT2D eigenvalue weighted by atomic mass is 9.93. The maximum Gasteiger partial charge on any atom is 0.297 e. The van der Waals surface area contributed by atoms with Gasteiger partial charge in [-0.25, -0.2) is 0 Å². The van der Waals surface area contributed by atoms with Crippen LogP contribution in [0.25, 0.3) is 0 Å². The summed E-state index contributed by atoms with van der Waals surface area (Å²) in [6, 6.07) is 15.8. The topological polar surface area (TPSA) is 86.7 Å². The second-order valence-electron chi connectivity index (χ2n) is 6.86. The molecule has 0 aliphatic rings. The van der Waals surface area contributed by atoms with E-state index >= 15 is 0 Å². The maximum atomic E-state index is 12.7. The van der Waals surface area contributed by atoms with Crippen LogP contribution in [-0.4, -0.2) is 29.0 Å². The molecule has 0 radical (unpaired) electrons. The van der Waals surface area contributed by atoms with E-state index in [4.69, 9.17) is 8.37 Å². The number of hydrogen-bond acceptors (Lipinski definition) is 6. The Balaban J connectivity index is 2.22. The van der Waals surface area contributed by atoms with Crippen molar-refractivity contribution in [1.29, 1.82) is 0 Å². The summed E-state index contributed by atoms with van der Waals surface area (Å²) in [7, 11) is -7.94. The van der Waals surface area contributed by atoms with Crippen LogP contribution in [0, 0.1) is 5.92 Å². The van der Waals surface area contributed by atoms with Gasteiger partial charge in [-0.2, -0.15) is 16.8 Å². The highest BCUT2D eigenvalue weighted by molar-refractivity contribution is 7.87. The second kappa shape index (κ2) is 10.3. The van der Waals surface area contributed by atoms with Crippen LogP contribution >= 0.6 is 0 Å². The first kappa shape index (κ1) is 23.5. The summed E-state index contributed by atoms with van der Waals surface area (Å²) in [5.41, 5.74) is 0. The molecule has 6 nitrogen and oxygen atoms in total. The predicted octanol–water partition coefficient (Wildman–Crippen LogP) is 4.38. The van der Waals surface area contributed by atoms with E-state index < -0.39 is 38.4 Å². The zero-order valence-corrected chi connectivity index (χ0v) is 18.5. The molecule has 0 N–H and O–H groups in total. The van der Waals surface area contributed by atoms with E-state index in [-0.39, 0.29) is 9.79 Å². The highest BCUT2D eigenvalue weighted by atomic mass is 32.2. The molecule has 0 aliphatic heterocycles. The van der Waals surface area contributed by atoms with Gasteiger partial charge in [0.25, 0.3) is 20.2 Å². The Morgan fingerprint density at radius 1 is 0.724 bits per heavy atom. The molecule has 0 heterocycles. The normalized spacial score (nSPS) is 15.6. The fourth-order valence-corrected chi connectivity index (χ4v) is 5.50. The highest BCUT2D eigenvalue weighted by Gasteiger charge is 2.33. The van der Waals surface area contributed by atoms with Crippen molar-refractivity contribution in [2.45, 2.75) is 62.0 Å². The fourth-order valence-electron chi connectivity index (χ4n) is 3.06. The monoisotopic (exact) mass is 440 g/mol. The second-order valence-corrected chi connectivity index (χ2v) is 10.0. The quantitative estimate of drug-likeness (QED) is 0.482. The number of rotatable bonds is 11. The smallest absolute Gasteiger partial charge is 0.263 e. The Morgan fingerprint density at radius 2 is 1.14 bits per heavy atom. The van der Waals surface area contributed by atoms with Gasteiger partial charge >= 0.3 is 0 Å². The molecule has 8 heteroatoms. The van der Waals surface area contributed by atoms with Gasteiger partial charge in [0.15, 0.2) is 0 Å². The van der Waals surface area contributed by atoms with Crippen LogP contribution in [0.3, 0.4) is 0 Å². The Bertz CT molecular complexity index is 957. The van der Waals surface area contributed by atoms with Crippen LogP contribution in [0.1, 0.15) is 40.0 Å². The van der Waals surface area contributed by atoms with Crippen LogP contribution < -0.4 is 0 Å². The van der Waals surface area contributed by atoms with Gasteiger partial charge in [0.05, 0.1) is 22.0 Å². The summed E-state index contributed by atoms with van der Waals surface area (Å²) in [6.45, 7) is 5.48. The molecule has 2 rings (SSSR count). The van der Waals surface area contributed by atoms with E-state index in [1.165, 1.54) is 24.3 Å². The van der Waals surface area contributed by atoms with Crippen molar-refractivity contribution in [2.24, 2.45) is 5.92 Å². The minimum Gasteiger partial charge on any atom is -0.263 e. The zero-order chi connectivity index (χ0) is 21.5. The van der Waals surface area contributed by atoms with E-state index in [1.54, 1.807) is 50.2 Å². The zero-order valence-electron chi connectivity index (χ0n) is 16.9. The standard InChI is InChI=1S/C21H28O6S2/c1-4-12-21(27-29(24,25)19-15-10-7-11-16-19)17(3)20(5-2)26-28(22,23)18-13-8-6-9-14-18/h6-11,13-17,20-21H,4-5,12H2,1-3H3. The summed E-state index contributed by atoms with van der Waals surface area (Å²) >= 11 is 0.